The van der Waals surface area contributed by atoms with Gasteiger partial charge in [-0.2, -0.15) is 5.10 Å². The van der Waals surface area contributed by atoms with Crippen LogP contribution in [0.15, 0.2) is 42.5 Å². The van der Waals surface area contributed by atoms with Crippen LogP contribution in [0.4, 0.5) is 5.69 Å². The van der Waals surface area contributed by atoms with Gasteiger partial charge >= 0.3 is 0 Å². The molecule has 0 spiro atoms. The first kappa shape index (κ1) is 18.2. The maximum absolute atomic E-state index is 12.8. The van der Waals surface area contributed by atoms with E-state index in [0.717, 1.165) is 22.4 Å². The molecule has 1 heterocycles. The number of benzene rings is 2. The molecule has 0 aliphatic carbocycles. The molecule has 3 aromatic rings. The summed E-state index contributed by atoms with van der Waals surface area (Å²) in [4.78, 5) is 12.8. The number of rotatable bonds is 4. The van der Waals surface area contributed by atoms with Crippen molar-refractivity contribution < 1.29 is 4.79 Å². The zero-order chi connectivity index (χ0) is 18.8. The van der Waals surface area contributed by atoms with Crippen molar-refractivity contribution in [2.75, 3.05) is 5.32 Å². The predicted molar refractivity (Wildman–Crippen MR) is 106 cm³/mol. The van der Waals surface area contributed by atoms with E-state index in [1.165, 1.54) is 5.56 Å². The Bertz CT molecular complexity index is 958. The fraction of sp³-hybridized carbons (Fsp3) is 0.238. The molecule has 5 heteroatoms. The van der Waals surface area contributed by atoms with E-state index in [2.05, 4.69) is 10.4 Å². The van der Waals surface area contributed by atoms with Gasteiger partial charge in [0, 0.05) is 5.69 Å². The molecular weight excluding hydrogens is 346 g/mol. The van der Waals surface area contributed by atoms with Crippen LogP contribution in [0.1, 0.15) is 38.3 Å². The fourth-order valence-electron chi connectivity index (χ4n) is 2.84. The zero-order valence-electron chi connectivity index (χ0n) is 15.4. The van der Waals surface area contributed by atoms with Crippen LogP contribution in [0.2, 0.25) is 5.15 Å². The minimum absolute atomic E-state index is 0.239. The normalized spacial score (nSPS) is 10.8. The summed E-state index contributed by atoms with van der Waals surface area (Å²) in [5, 5.41) is 7.76. The zero-order valence-corrected chi connectivity index (χ0v) is 16.2. The highest BCUT2D eigenvalue weighted by Crippen LogP contribution is 2.24. The molecule has 3 rings (SSSR count). The maximum atomic E-state index is 12.8. The van der Waals surface area contributed by atoms with Gasteiger partial charge in [-0.1, -0.05) is 53.6 Å². The van der Waals surface area contributed by atoms with Crippen LogP contribution in [-0.2, 0) is 6.54 Å². The van der Waals surface area contributed by atoms with Crippen molar-refractivity contribution in [3.05, 3.63) is 81.1 Å². The lowest BCUT2D eigenvalue weighted by Gasteiger charge is -2.09. The predicted octanol–water partition coefficient (Wildman–Crippen LogP) is 5.07. The van der Waals surface area contributed by atoms with Crippen molar-refractivity contribution in [1.82, 2.24) is 9.78 Å². The third-order valence-electron chi connectivity index (χ3n) is 4.39. The average molecular weight is 368 g/mol. The van der Waals surface area contributed by atoms with E-state index in [1.54, 1.807) is 11.6 Å². The van der Waals surface area contributed by atoms with E-state index < -0.39 is 0 Å². The molecule has 1 N–H and O–H groups in total. The molecule has 0 aliphatic rings. The van der Waals surface area contributed by atoms with E-state index in [9.17, 15) is 4.79 Å². The molecule has 0 saturated heterocycles. The number of carbonyl (C=O) groups is 1. The third kappa shape index (κ3) is 3.81. The molecule has 134 valence electrons. The Morgan fingerprint density at radius 2 is 1.69 bits per heavy atom. The van der Waals surface area contributed by atoms with Crippen molar-refractivity contribution in [1.29, 1.82) is 0 Å². The maximum Gasteiger partial charge on any atom is 0.260 e. The molecule has 0 unspecified atom stereocenters. The van der Waals surface area contributed by atoms with Gasteiger partial charge in [0.2, 0.25) is 0 Å². The molecule has 0 bridgehead atoms. The summed E-state index contributed by atoms with van der Waals surface area (Å²) < 4.78 is 1.67. The van der Waals surface area contributed by atoms with Gasteiger partial charge in [0.05, 0.1) is 17.8 Å². The Balaban J connectivity index is 1.86. The van der Waals surface area contributed by atoms with Gasteiger partial charge in [0.1, 0.15) is 5.15 Å². The van der Waals surface area contributed by atoms with E-state index in [1.807, 2.05) is 63.2 Å². The van der Waals surface area contributed by atoms with Crippen LogP contribution in [-0.4, -0.2) is 15.7 Å². The van der Waals surface area contributed by atoms with Crippen LogP contribution in [0.25, 0.3) is 0 Å². The summed E-state index contributed by atoms with van der Waals surface area (Å²) in [6.07, 6.45) is 0. The second-order valence-corrected chi connectivity index (χ2v) is 7.02. The molecule has 0 fully saturated rings. The Morgan fingerprint density at radius 1 is 1.04 bits per heavy atom. The Labute approximate surface area is 158 Å². The van der Waals surface area contributed by atoms with Crippen LogP contribution in [0, 0.1) is 27.7 Å². The standard InChI is InChI=1S/C21H22ClN3O/c1-13-6-9-17(10-7-13)12-25-20(22)19(16(4)24-25)21(26)23-18-11-14(2)5-8-15(18)3/h5-11H,12H2,1-4H3,(H,23,26). The van der Waals surface area contributed by atoms with Crippen molar-refractivity contribution in [2.24, 2.45) is 0 Å². The van der Waals surface area contributed by atoms with Gasteiger partial charge in [-0.3, -0.25) is 4.79 Å². The molecular formula is C21H22ClN3O. The fourth-order valence-corrected chi connectivity index (χ4v) is 3.16. The van der Waals surface area contributed by atoms with E-state index in [4.69, 9.17) is 11.6 Å². The van der Waals surface area contributed by atoms with Gasteiger partial charge in [-0.05, 0) is 50.5 Å². The second-order valence-electron chi connectivity index (χ2n) is 6.67. The Morgan fingerprint density at radius 3 is 2.38 bits per heavy atom. The highest BCUT2D eigenvalue weighted by molar-refractivity contribution is 6.33. The van der Waals surface area contributed by atoms with Gasteiger partial charge in [0.15, 0.2) is 0 Å². The quantitative estimate of drug-likeness (QED) is 0.699. The summed E-state index contributed by atoms with van der Waals surface area (Å²) in [7, 11) is 0. The summed E-state index contributed by atoms with van der Waals surface area (Å²) >= 11 is 6.48. The number of nitrogens with one attached hydrogen (secondary N) is 1. The first-order valence-electron chi connectivity index (χ1n) is 8.52. The summed E-state index contributed by atoms with van der Waals surface area (Å²) in [6.45, 7) is 8.33. The lowest BCUT2D eigenvalue weighted by atomic mass is 10.1. The van der Waals surface area contributed by atoms with Crippen LogP contribution < -0.4 is 5.32 Å². The Hall–Kier alpha value is -2.59. The van der Waals surface area contributed by atoms with Gasteiger partial charge in [0.25, 0.3) is 5.91 Å². The number of nitrogens with zero attached hydrogens (tertiary/aromatic N) is 2. The molecule has 0 atom stereocenters. The topological polar surface area (TPSA) is 46.9 Å². The number of halogens is 1. The average Bonchev–Trinajstić information content (AvgIpc) is 2.87. The molecule has 0 aliphatic heterocycles. The molecule has 1 aromatic heterocycles. The summed E-state index contributed by atoms with van der Waals surface area (Å²) in [5.41, 5.74) is 6.20. The van der Waals surface area contributed by atoms with Gasteiger partial charge in [-0.15, -0.1) is 0 Å². The largest absolute Gasteiger partial charge is 0.322 e. The third-order valence-corrected chi connectivity index (χ3v) is 4.77. The highest BCUT2D eigenvalue weighted by atomic mass is 35.5. The minimum Gasteiger partial charge on any atom is -0.322 e. The van der Waals surface area contributed by atoms with Crippen molar-refractivity contribution in [2.45, 2.75) is 34.2 Å². The van der Waals surface area contributed by atoms with E-state index in [-0.39, 0.29) is 5.91 Å². The highest BCUT2D eigenvalue weighted by Gasteiger charge is 2.21. The molecule has 4 nitrogen and oxygen atoms in total. The van der Waals surface area contributed by atoms with Gasteiger partial charge in [-0.25, -0.2) is 4.68 Å². The summed E-state index contributed by atoms with van der Waals surface area (Å²) in [5.74, 6) is -0.239. The monoisotopic (exact) mass is 367 g/mol. The van der Waals surface area contributed by atoms with Crippen molar-refractivity contribution in [3.8, 4) is 0 Å². The SMILES string of the molecule is Cc1ccc(Cn2nc(C)c(C(=O)Nc3cc(C)ccc3C)c2Cl)cc1. The van der Waals surface area contributed by atoms with Crippen LogP contribution in [0.3, 0.4) is 0 Å². The van der Waals surface area contributed by atoms with E-state index >= 15 is 0 Å². The molecule has 26 heavy (non-hydrogen) atoms. The number of carbonyl (C=O) groups excluding carboxylic acids is 1. The molecule has 0 saturated carbocycles. The van der Waals surface area contributed by atoms with Crippen LogP contribution >= 0.6 is 11.6 Å². The number of hydrogen-bond donors (Lipinski definition) is 1. The lowest BCUT2D eigenvalue weighted by molar-refractivity contribution is 0.102. The first-order valence-corrected chi connectivity index (χ1v) is 8.90. The van der Waals surface area contributed by atoms with Crippen molar-refractivity contribution >= 4 is 23.2 Å². The Kier molecular flexibility index (Phi) is 5.14. The number of aromatic nitrogens is 2. The molecule has 0 radical (unpaired) electrons. The van der Waals surface area contributed by atoms with Gasteiger partial charge < -0.3 is 5.32 Å². The lowest BCUT2D eigenvalue weighted by Crippen LogP contribution is -2.14. The molecule has 2 aromatic carbocycles. The number of hydrogen-bond acceptors (Lipinski definition) is 2. The second kappa shape index (κ2) is 7.34. The number of aryl methyl sites for hydroxylation is 4. The van der Waals surface area contributed by atoms with E-state index in [0.29, 0.717) is 23.0 Å². The first-order chi connectivity index (χ1) is 12.3. The van der Waals surface area contributed by atoms with Crippen LogP contribution in [0.5, 0.6) is 0 Å². The van der Waals surface area contributed by atoms with Crippen molar-refractivity contribution in [3.63, 3.8) is 0 Å². The smallest absolute Gasteiger partial charge is 0.260 e. The number of amides is 1. The molecule has 1 amide bonds. The minimum atomic E-state index is -0.239. The summed E-state index contributed by atoms with van der Waals surface area (Å²) in [6, 6.07) is 14.1. The number of anilines is 1.